The van der Waals surface area contributed by atoms with Crippen molar-refractivity contribution in [3.05, 3.63) is 59.1 Å². The topological polar surface area (TPSA) is 116 Å². The molecule has 9 nitrogen and oxygen atoms in total. The molecule has 44 heavy (non-hydrogen) atoms. The third-order valence-corrected chi connectivity index (χ3v) is 6.67. The fourth-order valence-electron chi connectivity index (χ4n) is 4.59. The van der Waals surface area contributed by atoms with Crippen molar-refractivity contribution in [2.75, 3.05) is 5.32 Å². The number of aromatic nitrogens is 3. The van der Waals surface area contributed by atoms with Crippen molar-refractivity contribution in [3.63, 3.8) is 0 Å². The molecular weight excluding hydrogens is 598 g/mol. The van der Waals surface area contributed by atoms with E-state index in [0.29, 0.717) is 11.6 Å². The minimum atomic E-state index is -5.08. The van der Waals surface area contributed by atoms with E-state index in [1.807, 2.05) is 0 Å². The highest BCUT2D eigenvalue weighted by atomic mass is 19.4. The molecule has 3 heterocycles. The van der Waals surface area contributed by atoms with Crippen LogP contribution in [0.3, 0.4) is 0 Å². The third kappa shape index (κ3) is 7.55. The lowest BCUT2D eigenvalue weighted by atomic mass is 9.93. The maximum Gasteiger partial charge on any atom is 0.426 e. The molecule has 1 atom stereocenters. The van der Waals surface area contributed by atoms with Crippen LogP contribution in [0.5, 0.6) is 0 Å². The van der Waals surface area contributed by atoms with Gasteiger partial charge in [0.2, 0.25) is 5.60 Å². The number of fused-ring (bicyclic) bond motifs is 5. The number of anilines is 1. The lowest BCUT2D eigenvalue weighted by Gasteiger charge is -2.32. The van der Waals surface area contributed by atoms with Crippen LogP contribution in [0.15, 0.2) is 40.8 Å². The van der Waals surface area contributed by atoms with Gasteiger partial charge in [0.15, 0.2) is 11.5 Å². The number of benzene rings is 1. The van der Waals surface area contributed by atoms with Crippen molar-refractivity contribution in [3.8, 4) is 11.6 Å². The minimum absolute atomic E-state index is 0.0387. The minimum Gasteiger partial charge on any atom is -0.444 e. The van der Waals surface area contributed by atoms with Gasteiger partial charge in [-0.15, -0.1) is 10.2 Å². The molecule has 1 N–H and O–H groups in total. The Bertz CT molecular complexity index is 1480. The Morgan fingerprint density at radius 2 is 1.66 bits per heavy atom. The summed E-state index contributed by atoms with van der Waals surface area (Å²) in [5.74, 6) is -2.73. The van der Waals surface area contributed by atoms with Crippen LogP contribution in [0.2, 0.25) is 0 Å². The van der Waals surface area contributed by atoms with Gasteiger partial charge in [0, 0.05) is 6.42 Å². The third-order valence-electron chi connectivity index (χ3n) is 6.67. The summed E-state index contributed by atoms with van der Waals surface area (Å²) in [6, 6.07) is 8.54. The van der Waals surface area contributed by atoms with Crippen molar-refractivity contribution in [1.29, 1.82) is 0 Å². The Morgan fingerprint density at radius 3 is 2.30 bits per heavy atom. The second kappa shape index (κ2) is 12.5. The van der Waals surface area contributed by atoms with Crippen LogP contribution in [0, 0.1) is 0 Å². The summed E-state index contributed by atoms with van der Waals surface area (Å²) in [6.45, 7) is 4.06. The summed E-state index contributed by atoms with van der Waals surface area (Å²) in [7, 11) is 0. The lowest BCUT2D eigenvalue weighted by molar-refractivity contribution is -0.300. The molecule has 4 rings (SSSR count). The zero-order valence-electron chi connectivity index (χ0n) is 24.1. The predicted molar refractivity (Wildman–Crippen MR) is 143 cm³/mol. The molecule has 15 heteroatoms. The largest absolute Gasteiger partial charge is 0.444 e. The van der Waals surface area contributed by atoms with Gasteiger partial charge in [0.1, 0.15) is 11.3 Å². The second-order valence-electron chi connectivity index (χ2n) is 11.3. The number of amides is 1. The van der Waals surface area contributed by atoms with Crippen LogP contribution in [-0.2, 0) is 27.9 Å². The maximum atomic E-state index is 14.9. The van der Waals surface area contributed by atoms with E-state index in [4.69, 9.17) is 13.9 Å². The number of nitrogens with zero attached hydrogens (tertiary/aromatic N) is 3. The number of alkyl halides is 6. The van der Waals surface area contributed by atoms with Crippen LogP contribution >= 0.6 is 0 Å². The van der Waals surface area contributed by atoms with E-state index in [-0.39, 0.29) is 32.1 Å². The van der Waals surface area contributed by atoms with E-state index in [0.717, 1.165) is 0 Å². The molecule has 0 saturated carbocycles. The maximum absolute atomic E-state index is 14.9. The summed E-state index contributed by atoms with van der Waals surface area (Å²) in [6.07, 6.45) is -11.8. The Kier molecular flexibility index (Phi) is 9.37. The molecule has 1 amide bonds. The summed E-state index contributed by atoms with van der Waals surface area (Å²) in [4.78, 5) is 29.4. The number of ketones is 1. The van der Waals surface area contributed by atoms with Gasteiger partial charge in [-0.3, -0.25) is 10.1 Å². The average Bonchev–Trinajstić information content (AvgIpc) is 3.40. The molecule has 3 aromatic rings. The smallest absolute Gasteiger partial charge is 0.426 e. The van der Waals surface area contributed by atoms with Gasteiger partial charge < -0.3 is 13.9 Å². The second-order valence-corrected chi connectivity index (χ2v) is 11.3. The van der Waals surface area contributed by atoms with Gasteiger partial charge in [-0.2, -0.15) is 26.3 Å². The molecule has 1 aliphatic heterocycles. The van der Waals surface area contributed by atoms with Crippen LogP contribution in [0.1, 0.15) is 86.8 Å². The Morgan fingerprint density at radius 1 is 0.977 bits per heavy atom. The highest BCUT2D eigenvalue weighted by Crippen LogP contribution is 2.47. The monoisotopic (exact) mass is 628 g/mol. The lowest BCUT2D eigenvalue weighted by Crippen LogP contribution is -2.45. The van der Waals surface area contributed by atoms with Gasteiger partial charge in [0.25, 0.3) is 11.8 Å². The molecule has 4 bridgehead atoms. The molecule has 0 fully saturated rings. The van der Waals surface area contributed by atoms with Gasteiger partial charge in [-0.05, 0) is 51.7 Å². The molecule has 0 aliphatic carbocycles. The first-order valence-corrected chi connectivity index (χ1v) is 13.7. The number of nitrogens with one attached hydrogen (secondary N) is 1. The van der Waals surface area contributed by atoms with Gasteiger partial charge in [-0.25, -0.2) is 9.78 Å². The Balaban J connectivity index is 1.90. The Labute approximate surface area is 248 Å². The number of Topliss-reactive ketones (excluding diaryl/α,β-unsaturated/α-hetero) is 1. The first-order chi connectivity index (χ1) is 20.5. The summed E-state index contributed by atoms with van der Waals surface area (Å²) < 4.78 is 103. The molecule has 0 spiro atoms. The summed E-state index contributed by atoms with van der Waals surface area (Å²) in [5, 5.41) is 9.39. The fraction of sp³-hybridized carbons (Fsp3) is 0.483. The van der Waals surface area contributed by atoms with Crippen LogP contribution in [-0.4, -0.2) is 38.8 Å². The van der Waals surface area contributed by atoms with E-state index in [9.17, 15) is 35.9 Å². The number of hydrogen-bond donors (Lipinski definition) is 1. The van der Waals surface area contributed by atoms with E-state index >= 15 is 0 Å². The number of hydrogen-bond acceptors (Lipinski definition) is 8. The molecule has 1 aromatic carbocycles. The van der Waals surface area contributed by atoms with Gasteiger partial charge in [-0.1, -0.05) is 43.2 Å². The fourth-order valence-corrected chi connectivity index (χ4v) is 4.59. The Hall–Kier alpha value is -4.01. The van der Waals surface area contributed by atoms with Crippen molar-refractivity contribution in [1.82, 2.24) is 15.2 Å². The van der Waals surface area contributed by atoms with Crippen LogP contribution < -0.4 is 5.32 Å². The predicted octanol–water partition coefficient (Wildman–Crippen LogP) is 8.01. The molecular formula is C29H30F6N4O5. The molecule has 238 valence electrons. The average molecular weight is 629 g/mol. The van der Waals surface area contributed by atoms with E-state index in [2.05, 4.69) is 20.5 Å². The normalized spacial score (nSPS) is 18.4. The van der Waals surface area contributed by atoms with E-state index in [1.54, 1.807) is 30.3 Å². The molecule has 0 saturated heterocycles. The zero-order chi connectivity index (χ0) is 32.3. The van der Waals surface area contributed by atoms with Crippen LogP contribution in [0.4, 0.5) is 36.8 Å². The number of rotatable bonds is 4. The summed E-state index contributed by atoms with van der Waals surface area (Å²) >= 11 is 0. The quantitative estimate of drug-likeness (QED) is 0.289. The summed E-state index contributed by atoms with van der Waals surface area (Å²) in [5.41, 5.74) is -7.49. The number of pyridine rings is 1. The van der Waals surface area contributed by atoms with Crippen molar-refractivity contribution in [2.24, 2.45) is 0 Å². The highest BCUT2D eigenvalue weighted by molar-refractivity contribution is 5.98. The number of carbonyl (C=O) groups excluding carboxylic acids is 2. The zero-order valence-corrected chi connectivity index (χ0v) is 24.1. The molecule has 1 aliphatic rings. The van der Waals surface area contributed by atoms with Gasteiger partial charge in [0.05, 0.1) is 17.9 Å². The number of carbonyl (C=O) groups is 2. The van der Waals surface area contributed by atoms with Crippen molar-refractivity contribution in [2.45, 2.75) is 89.5 Å². The number of halogens is 6. The van der Waals surface area contributed by atoms with Crippen LogP contribution in [0.25, 0.3) is 11.6 Å². The SMILES string of the molecule is CC(C)(C)OC(=O)Nc1cc(C(F)(F)F)c2nc1-c1nnc(o1)C(OCc1ccccc1)(C(F)(F)F)CCCCCCC2=O. The van der Waals surface area contributed by atoms with E-state index < -0.39 is 82.9 Å². The standard InChI is InChI=1S/C29H30F6N4O5/c1-26(2,3)44-25(41)36-19-15-18(28(30,31)32)21-20(40)13-9-4-5-10-14-27(29(33,34)35,42-16-17-11-7-6-8-12-17)24-39-38-23(43-24)22(19)37-21/h6-8,11-12,15H,4-5,9-10,13-14,16H2,1-3H3,(H,36,41). The first-order valence-electron chi connectivity index (χ1n) is 13.7. The number of ether oxygens (including phenoxy) is 2. The highest BCUT2D eigenvalue weighted by Gasteiger charge is 2.61. The van der Waals surface area contributed by atoms with Gasteiger partial charge >= 0.3 is 18.4 Å². The van der Waals surface area contributed by atoms with E-state index in [1.165, 1.54) is 20.8 Å². The molecule has 1 unspecified atom stereocenters. The first kappa shape index (κ1) is 32.9. The van der Waals surface area contributed by atoms with Crippen molar-refractivity contribution < 1.29 is 49.8 Å². The van der Waals surface area contributed by atoms with Crippen molar-refractivity contribution >= 4 is 17.6 Å². The molecule has 0 radical (unpaired) electrons. The molecule has 2 aromatic heterocycles.